The second-order valence-electron chi connectivity index (χ2n) is 12.2. The van der Waals surface area contributed by atoms with E-state index >= 15 is 0 Å². The maximum Gasteiger partial charge on any atom is 0.471 e. The Morgan fingerprint density at radius 2 is 1.15 bits per heavy atom. The van der Waals surface area contributed by atoms with Crippen LogP contribution in [0.25, 0.3) is 0 Å². The number of carbonyl (C=O) groups is 7. The minimum absolute atomic E-state index is 0.0729. The van der Waals surface area contributed by atoms with Crippen molar-refractivity contribution in [2.24, 2.45) is 0 Å². The fourth-order valence-corrected chi connectivity index (χ4v) is 6.40. The lowest BCUT2D eigenvalue weighted by molar-refractivity contribution is -0.211. The summed E-state index contributed by atoms with van der Waals surface area (Å²) >= 11 is 1.36. The first kappa shape index (κ1) is 46.4. The number of rotatable bonds is 24. The zero-order valence-corrected chi connectivity index (χ0v) is 31.0. The van der Waals surface area contributed by atoms with E-state index in [9.17, 15) is 46.7 Å². The van der Waals surface area contributed by atoms with Crippen LogP contribution in [0.5, 0.6) is 0 Å². The van der Waals surface area contributed by atoms with E-state index in [0.717, 1.165) is 25.7 Å². The smallest absolute Gasteiger partial charge is 0.463 e. The minimum atomic E-state index is -4.90. The molecule has 5 atom stereocenters. The van der Waals surface area contributed by atoms with Crippen molar-refractivity contribution in [3.63, 3.8) is 0 Å². The van der Waals surface area contributed by atoms with Gasteiger partial charge in [0.15, 0.2) is 12.2 Å². The van der Waals surface area contributed by atoms with Crippen LogP contribution in [-0.2, 0) is 52.5 Å². The topological polar surface area (TPSA) is 205 Å². The molecule has 1 aliphatic rings. The quantitative estimate of drug-likeness (QED) is 0.0636. The zero-order chi connectivity index (χ0) is 39.1. The van der Waals surface area contributed by atoms with Gasteiger partial charge in [-0.05, 0) is 44.3 Å². The normalized spacial score (nSPS) is 19.9. The Balaban J connectivity index is 2.32. The third-order valence-electron chi connectivity index (χ3n) is 7.52. The highest BCUT2D eigenvalue weighted by Gasteiger charge is 2.50. The van der Waals surface area contributed by atoms with Crippen LogP contribution in [0.1, 0.15) is 98.3 Å². The number of esters is 3. The van der Waals surface area contributed by atoms with Gasteiger partial charge in [0.05, 0.1) is 0 Å². The van der Waals surface area contributed by atoms with E-state index in [0.29, 0.717) is 57.4 Å². The second kappa shape index (κ2) is 25.4. The van der Waals surface area contributed by atoms with Crippen LogP contribution < -0.4 is 21.3 Å². The molecule has 2 unspecified atom stereocenters. The molecule has 0 aromatic rings. The molecule has 1 saturated heterocycles. The van der Waals surface area contributed by atoms with Crippen molar-refractivity contribution in [3.8, 4) is 0 Å². The molecule has 19 heteroatoms. The molecule has 0 saturated carbocycles. The number of nitrogens with one attached hydrogen (secondary N) is 4. The summed E-state index contributed by atoms with van der Waals surface area (Å²) in [6.45, 7) is 5.46. The lowest BCUT2D eigenvalue weighted by Gasteiger charge is -2.45. The fourth-order valence-electron chi connectivity index (χ4n) is 5.15. The molecule has 52 heavy (non-hydrogen) atoms. The molecule has 4 amide bonds. The summed E-state index contributed by atoms with van der Waals surface area (Å²) in [5.41, 5.74) is -0.724. The number of ether oxygens (including phenoxy) is 4. The number of hydrogen-bond donors (Lipinski definition) is 4. The van der Waals surface area contributed by atoms with Gasteiger partial charge >= 0.3 is 30.0 Å². The van der Waals surface area contributed by atoms with Gasteiger partial charge in [0.2, 0.25) is 17.7 Å². The Kier molecular flexibility index (Phi) is 22.7. The van der Waals surface area contributed by atoms with Crippen LogP contribution in [0, 0.1) is 0 Å². The van der Waals surface area contributed by atoms with Crippen molar-refractivity contribution in [2.75, 3.05) is 32.0 Å². The Bertz CT molecular complexity index is 1180. The number of halogens is 3. The third kappa shape index (κ3) is 21.0. The molecule has 0 aromatic carbocycles. The van der Waals surface area contributed by atoms with Crippen LogP contribution in [0.3, 0.4) is 0 Å². The Labute approximate surface area is 306 Å². The van der Waals surface area contributed by atoms with Gasteiger partial charge in [0, 0.05) is 60.2 Å². The van der Waals surface area contributed by atoms with Crippen molar-refractivity contribution < 1.29 is 65.7 Å². The summed E-state index contributed by atoms with van der Waals surface area (Å²) in [4.78, 5) is 82.2. The molecular weight excluding hydrogens is 717 g/mol. The largest absolute Gasteiger partial charge is 0.471 e. The molecule has 1 aliphatic heterocycles. The van der Waals surface area contributed by atoms with Crippen LogP contribution in [0.15, 0.2) is 0 Å². The Morgan fingerprint density at radius 1 is 0.654 bits per heavy atom. The van der Waals surface area contributed by atoms with E-state index in [4.69, 9.17) is 18.9 Å². The van der Waals surface area contributed by atoms with Crippen molar-refractivity contribution in [2.45, 2.75) is 134 Å². The van der Waals surface area contributed by atoms with Crippen LogP contribution in [0.4, 0.5) is 13.2 Å². The molecule has 1 heterocycles. The average Bonchev–Trinajstić information content (AvgIpc) is 3.04. The third-order valence-corrected chi connectivity index (χ3v) is 8.78. The molecule has 0 radical (unpaired) electrons. The van der Waals surface area contributed by atoms with E-state index in [1.54, 1.807) is 5.32 Å². The molecule has 0 aromatic heterocycles. The molecule has 298 valence electrons. The number of hydrogen-bond acceptors (Lipinski definition) is 12. The van der Waals surface area contributed by atoms with Crippen molar-refractivity contribution in [3.05, 3.63) is 0 Å². The summed E-state index contributed by atoms with van der Waals surface area (Å²) in [7, 11) is 0. The van der Waals surface area contributed by atoms with E-state index < -0.39 is 65.7 Å². The molecule has 0 aliphatic carbocycles. The first-order chi connectivity index (χ1) is 24.5. The predicted molar refractivity (Wildman–Crippen MR) is 182 cm³/mol. The Hall–Kier alpha value is -3.61. The van der Waals surface area contributed by atoms with Gasteiger partial charge in [0.25, 0.3) is 0 Å². The second-order valence-corrected chi connectivity index (χ2v) is 13.4. The van der Waals surface area contributed by atoms with Gasteiger partial charge in [-0.2, -0.15) is 13.2 Å². The van der Waals surface area contributed by atoms with E-state index in [1.807, 2.05) is 0 Å². The van der Waals surface area contributed by atoms with Gasteiger partial charge in [-0.1, -0.05) is 19.3 Å². The predicted octanol–water partition coefficient (Wildman–Crippen LogP) is 2.58. The lowest BCUT2D eigenvalue weighted by Crippen LogP contribution is -2.65. The SMILES string of the molecule is CC(=O)NC1[C@@H](OC(C)=O)[C@@H](OC(C)=O)C(COC(C)=O)O[C@H]1SCCCCCNC(=O)CCCCCNC(=O)CCCCCNC(=O)C(F)(F)F. The van der Waals surface area contributed by atoms with Gasteiger partial charge in [-0.15, -0.1) is 11.8 Å². The molecule has 0 bridgehead atoms. The molecule has 0 spiro atoms. The summed E-state index contributed by atoms with van der Waals surface area (Å²) in [5, 5.41) is 10.2. The number of carbonyl (C=O) groups excluding carboxylic acids is 7. The maximum atomic E-state index is 12.2. The monoisotopic (exact) mass is 770 g/mol. The summed E-state index contributed by atoms with van der Waals surface area (Å²) < 4.78 is 58.5. The lowest BCUT2D eigenvalue weighted by atomic mass is 9.97. The first-order valence-corrected chi connectivity index (χ1v) is 18.5. The van der Waals surface area contributed by atoms with Gasteiger partial charge in [-0.25, -0.2) is 0 Å². The molecule has 15 nitrogen and oxygen atoms in total. The van der Waals surface area contributed by atoms with Crippen LogP contribution in [0.2, 0.25) is 0 Å². The van der Waals surface area contributed by atoms with Crippen LogP contribution >= 0.6 is 11.8 Å². The zero-order valence-electron chi connectivity index (χ0n) is 30.2. The highest BCUT2D eigenvalue weighted by molar-refractivity contribution is 7.99. The van der Waals surface area contributed by atoms with Crippen molar-refractivity contribution in [1.29, 1.82) is 0 Å². The van der Waals surface area contributed by atoms with Gasteiger partial charge in [0.1, 0.15) is 24.2 Å². The number of amides is 4. The number of unbranched alkanes of at least 4 members (excludes halogenated alkanes) is 6. The van der Waals surface area contributed by atoms with Crippen LogP contribution in [-0.4, -0.2) is 109 Å². The number of thioether (sulfide) groups is 1. The number of alkyl halides is 3. The molecule has 4 N–H and O–H groups in total. The molecule has 1 fully saturated rings. The molecule has 1 rings (SSSR count). The highest BCUT2D eigenvalue weighted by Crippen LogP contribution is 2.33. The van der Waals surface area contributed by atoms with Gasteiger partial charge in [-0.3, -0.25) is 33.6 Å². The Morgan fingerprint density at radius 3 is 1.63 bits per heavy atom. The molecular formula is C33H53F3N4O11S. The summed E-state index contributed by atoms with van der Waals surface area (Å²) in [6, 6.07) is -0.864. The standard InChI is InChI=1S/C33H53F3N4O11S/c1-21(41)40-28-30(50-24(4)44)29(49-23(3)43)25(20-48-22(2)42)51-31(28)52-19-13-7-12-17-38-27(46)14-8-5-10-16-37-26(45)15-9-6-11-18-39-32(47)33(34,35)36/h25,28-31H,5-20H2,1-4H3,(H,37,45)(H,38,46)(H,39,47)(H,40,41)/t25?,28?,29-,30+,31-/m0/s1. The van der Waals surface area contributed by atoms with E-state index in [2.05, 4.69) is 16.0 Å². The summed E-state index contributed by atoms with van der Waals surface area (Å²) in [6.07, 6.45) is -1.82. The van der Waals surface area contributed by atoms with Gasteiger partial charge < -0.3 is 40.2 Å². The average molecular weight is 771 g/mol. The van der Waals surface area contributed by atoms with Crippen molar-refractivity contribution in [1.82, 2.24) is 21.3 Å². The summed E-state index contributed by atoms with van der Waals surface area (Å²) in [5.74, 6) is -3.94. The minimum Gasteiger partial charge on any atom is -0.463 e. The van der Waals surface area contributed by atoms with E-state index in [1.165, 1.54) is 39.5 Å². The van der Waals surface area contributed by atoms with E-state index in [-0.39, 0.29) is 31.4 Å². The highest BCUT2D eigenvalue weighted by atomic mass is 32.2. The first-order valence-electron chi connectivity index (χ1n) is 17.4. The fraction of sp³-hybridized carbons (Fsp3) is 0.788. The maximum absolute atomic E-state index is 12.2. The van der Waals surface area contributed by atoms with Crippen molar-refractivity contribution >= 4 is 53.3 Å².